The van der Waals surface area contributed by atoms with Gasteiger partial charge in [0.1, 0.15) is 11.6 Å². The minimum atomic E-state index is 0.0586. The van der Waals surface area contributed by atoms with Gasteiger partial charge in [-0.2, -0.15) is 9.97 Å². The molecule has 0 spiro atoms. The summed E-state index contributed by atoms with van der Waals surface area (Å²) in [7, 11) is 0. The topological polar surface area (TPSA) is 87.0 Å². The van der Waals surface area contributed by atoms with Gasteiger partial charge in [-0.15, -0.1) is 0 Å². The first-order chi connectivity index (χ1) is 8.04. The first-order valence-electron chi connectivity index (χ1n) is 4.88. The van der Waals surface area contributed by atoms with Crippen LogP contribution in [-0.4, -0.2) is 9.97 Å². The van der Waals surface area contributed by atoms with Gasteiger partial charge in [-0.25, -0.2) is 0 Å². The van der Waals surface area contributed by atoms with Crippen molar-refractivity contribution in [2.24, 2.45) is 0 Å². The molecule has 0 saturated carbocycles. The maximum Gasteiger partial charge on any atom is 0.226 e. The lowest BCUT2D eigenvalue weighted by atomic mass is 10.2. The summed E-state index contributed by atoms with van der Waals surface area (Å²) in [4.78, 5) is 7.64. The molecule has 2 rings (SSSR count). The van der Waals surface area contributed by atoms with E-state index in [1.54, 1.807) is 12.1 Å². The zero-order valence-corrected chi connectivity index (χ0v) is 9.90. The van der Waals surface area contributed by atoms with Crippen LogP contribution in [0, 0.1) is 6.92 Å². The molecule has 5 nitrogen and oxygen atoms in total. The van der Waals surface area contributed by atoms with Gasteiger partial charge in [-0.1, -0.05) is 17.7 Å². The Morgan fingerprint density at radius 2 is 1.94 bits per heavy atom. The first kappa shape index (κ1) is 11.5. The Bertz CT molecular complexity index is 539. The number of nitrogen functional groups attached to an aromatic ring is 2. The van der Waals surface area contributed by atoms with Gasteiger partial charge < -0.3 is 16.2 Å². The number of aromatic nitrogens is 2. The van der Waals surface area contributed by atoms with Crippen molar-refractivity contribution >= 4 is 23.4 Å². The molecule has 0 aliphatic rings. The van der Waals surface area contributed by atoms with Crippen molar-refractivity contribution in [2.45, 2.75) is 6.92 Å². The van der Waals surface area contributed by atoms with Gasteiger partial charge in [0.25, 0.3) is 0 Å². The van der Waals surface area contributed by atoms with Crippen molar-refractivity contribution in [2.75, 3.05) is 11.5 Å². The number of benzene rings is 1. The number of anilines is 2. The average Bonchev–Trinajstić information content (AvgIpc) is 2.21. The SMILES string of the molecule is Cc1ccc(Oc2cc(N)nc(N)n2)c(Cl)c1. The van der Waals surface area contributed by atoms with E-state index in [9.17, 15) is 0 Å². The molecular weight excluding hydrogens is 240 g/mol. The highest BCUT2D eigenvalue weighted by atomic mass is 35.5. The predicted molar refractivity (Wildman–Crippen MR) is 67.1 cm³/mol. The molecule has 0 radical (unpaired) electrons. The molecule has 0 unspecified atom stereocenters. The third-order valence-corrected chi connectivity index (χ3v) is 2.34. The maximum absolute atomic E-state index is 6.03. The zero-order chi connectivity index (χ0) is 12.4. The lowest BCUT2D eigenvalue weighted by molar-refractivity contribution is 0.463. The molecule has 1 aromatic heterocycles. The molecule has 1 aromatic carbocycles. The molecule has 0 fully saturated rings. The Hall–Kier alpha value is -2.01. The minimum Gasteiger partial charge on any atom is -0.437 e. The molecule has 0 aliphatic carbocycles. The second kappa shape index (κ2) is 4.47. The Balaban J connectivity index is 2.31. The van der Waals surface area contributed by atoms with E-state index in [2.05, 4.69) is 9.97 Å². The Kier molecular flexibility index (Phi) is 3.01. The van der Waals surface area contributed by atoms with Gasteiger partial charge in [0.2, 0.25) is 11.8 Å². The molecule has 6 heteroatoms. The van der Waals surface area contributed by atoms with Crippen LogP contribution in [0.1, 0.15) is 5.56 Å². The zero-order valence-electron chi connectivity index (χ0n) is 9.14. The predicted octanol–water partition coefficient (Wildman–Crippen LogP) is 2.40. The summed E-state index contributed by atoms with van der Waals surface area (Å²) in [6.45, 7) is 1.94. The number of aryl methyl sites for hydroxylation is 1. The normalized spacial score (nSPS) is 10.2. The number of hydrogen-bond acceptors (Lipinski definition) is 5. The van der Waals surface area contributed by atoms with E-state index in [4.69, 9.17) is 27.8 Å². The smallest absolute Gasteiger partial charge is 0.226 e. The number of hydrogen-bond donors (Lipinski definition) is 2. The van der Waals surface area contributed by atoms with E-state index in [1.807, 2.05) is 13.0 Å². The summed E-state index contributed by atoms with van der Waals surface area (Å²) in [5, 5.41) is 0.501. The van der Waals surface area contributed by atoms with E-state index >= 15 is 0 Å². The number of ether oxygens (including phenoxy) is 1. The van der Waals surface area contributed by atoms with Gasteiger partial charge in [0.05, 0.1) is 5.02 Å². The van der Waals surface area contributed by atoms with Crippen LogP contribution in [-0.2, 0) is 0 Å². The molecule has 88 valence electrons. The standard InChI is InChI=1S/C11H11ClN4O/c1-6-2-3-8(7(12)4-6)17-10-5-9(13)15-11(14)16-10/h2-5H,1H3,(H4,13,14,15,16). The Morgan fingerprint density at radius 3 is 2.59 bits per heavy atom. The lowest BCUT2D eigenvalue weighted by Crippen LogP contribution is -2.00. The molecule has 0 amide bonds. The van der Waals surface area contributed by atoms with Crippen LogP contribution in [0.3, 0.4) is 0 Å². The summed E-state index contributed by atoms with van der Waals surface area (Å²) < 4.78 is 5.48. The fourth-order valence-electron chi connectivity index (χ4n) is 1.31. The number of nitrogens with zero attached hydrogens (tertiary/aromatic N) is 2. The van der Waals surface area contributed by atoms with Gasteiger partial charge in [0.15, 0.2) is 0 Å². The maximum atomic E-state index is 6.03. The number of nitrogens with two attached hydrogens (primary N) is 2. The minimum absolute atomic E-state index is 0.0586. The lowest BCUT2D eigenvalue weighted by Gasteiger charge is -2.07. The van der Waals surface area contributed by atoms with Crippen LogP contribution < -0.4 is 16.2 Å². The third kappa shape index (κ3) is 2.76. The summed E-state index contributed by atoms with van der Waals surface area (Å²) in [6.07, 6.45) is 0. The molecule has 4 N–H and O–H groups in total. The fraction of sp³-hybridized carbons (Fsp3) is 0.0909. The number of rotatable bonds is 2. The van der Waals surface area contributed by atoms with Crippen molar-refractivity contribution < 1.29 is 4.74 Å². The highest BCUT2D eigenvalue weighted by Gasteiger charge is 2.06. The van der Waals surface area contributed by atoms with Crippen molar-refractivity contribution in [3.63, 3.8) is 0 Å². The molecular formula is C11H11ClN4O. The monoisotopic (exact) mass is 250 g/mol. The fourth-order valence-corrected chi connectivity index (χ4v) is 1.59. The molecule has 0 saturated heterocycles. The van der Waals surface area contributed by atoms with Crippen LogP contribution in [0.15, 0.2) is 24.3 Å². The highest BCUT2D eigenvalue weighted by molar-refractivity contribution is 6.32. The van der Waals surface area contributed by atoms with Crippen LogP contribution >= 0.6 is 11.6 Å². The summed E-state index contributed by atoms with van der Waals surface area (Å²) >= 11 is 6.03. The van der Waals surface area contributed by atoms with Gasteiger partial charge >= 0.3 is 0 Å². The molecule has 0 aliphatic heterocycles. The van der Waals surface area contributed by atoms with Crippen LogP contribution in [0.2, 0.25) is 5.02 Å². The largest absolute Gasteiger partial charge is 0.437 e. The van der Waals surface area contributed by atoms with E-state index in [0.717, 1.165) is 5.56 Å². The van der Waals surface area contributed by atoms with E-state index in [1.165, 1.54) is 6.07 Å². The van der Waals surface area contributed by atoms with E-state index in [0.29, 0.717) is 10.8 Å². The summed E-state index contributed by atoms with van der Waals surface area (Å²) in [6, 6.07) is 6.92. The molecule has 0 atom stereocenters. The molecule has 0 bridgehead atoms. The van der Waals surface area contributed by atoms with Gasteiger partial charge in [-0.05, 0) is 24.6 Å². The van der Waals surface area contributed by atoms with Crippen molar-refractivity contribution in [3.05, 3.63) is 34.9 Å². The van der Waals surface area contributed by atoms with Gasteiger partial charge in [0, 0.05) is 6.07 Å². The second-order valence-electron chi connectivity index (χ2n) is 3.53. The summed E-state index contributed by atoms with van der Waals surface area (Å²) in [5.41, 5.74) is 12.0. The average molecular weight is 251 g/mol. The van der Waals surface area contributed by atoms with Crippen molar-refractivity contribution in [1.82, 2.24) is 9.97 Å². The molecule has 2 aromatic rings. The van der Waals surface area contributed by atoms with Crippen LogP contribution in [0.25, 0.3) is 0 Å². The second-order valence-corrected chi connectivity index (χ2v) is 3.93. The quantitative estimate of drug-likeness (QED) is 0.855. The molecule has 17 heavy (non-hydrogen) atoms. The van der Waals surface area contributed by atoms with Gasteiger partial charge in [-0.3, -0.25) is 0 Å². The van der Waals surface area contributed by atoms with Crippen LogP contribution in [0.5, 0.6) is 11.6 Å². The Morgan fingerprint density at radius 1 is 1.18 bits per heavy atom. The van der Waals surface area contributed by atoms with E-state index in [-0.39, 0.29) is 17.6 Å². The molecule has 1 heterocycles. The van der Waals surface area contributed by atoms with Crippen LogP contribution in [0.4, 0.5) is 11.8 Å². The first-order valence-corrected chi connectivity index (χ1v) is 5.26. The highest BCUT2D eigenvalue weighted by Crippen LogP contribution is 2.29. The van der Waals surface area contributed by atoms with Crippen molar-refractivity contribution in [3.8, 4) is 11.6 Å². The Labute approximate surface area is 103 Å². The number of halogens is 1. The summed E-state index contributed by atoms with van der Waals surface area (Å²) in [5.74, 6) is 1.06. The van der Waals surface area contributed by atoms with Crippen molar-refractivity contribution in [1.29, 1.82) is 0 Å². The van der Waals surface area contributed by atoms with E-state index < -0.39 is 0 Å². The third-order valence-electron chi connectivity index (χ3n) is 2.04.